The summed E-state index contributed by atoms with van der Waals surface area (Å²) >= 11 is 5.99. The minimum atomic E-state index is -0.516. The zero-order valence-electron chi connectivity index (χ0n) is 20.1. The van der Waals surface area contributed by atoms with Gasteiger partial charge in [-0.15, -0.1) is 0 Å². The maximum atomic E-state index is 13.2. The standard InChI is InChI=1S/C27H30ClN5O2/c1-18(33-24-6-4-3-5-22(24)23-16-30-31(2)27(35)25(23)33)26(34)29-15-19-11-13-32(14-12-19)17-20-7-9-21(28)10-8-20/h3-10,16,18-19H,11-15,17H2,1-2H3,(H,29,34)/t18-/m0/s1. The van der Waals surface area contributed by atoms with Crippen LogP contribution in [0.4, 0.5) is 0 Å². The van der Waals surface area contributed by atoms with E-state index in [1.165, 1.54) is 10.2 Å². The topological polar surface area (TPSA) is 72.2 Å². The van der Waals surface area contributed by atoms with Crippen LogP contribution in [0.15, 0.2) is 59.5 Å². The molecule has 2 aromatic carbocycles. The zero-order valence-corrected chi connectivity index (χ0v) is 20.8. The van der Waals surface area contributed by atoms with Gasteiger partial charge < -0.3 is 9.88 Å². The summed E-state index contributed by atoms with van der Waals surface area (Å²) in [6.07, 6.45) is 3.80. The van der Waals surface area contributed by atoms with E-state index in [1.807, 2.05) is 47.9 Å². The average Bonchev–Trinajstić information content (AvgIpc) is 3.21. The Morgan fingerprint density at radius 1 is 1.11 bits per heavy atom. The van der Waals surface area contributed by atoms with Crippen LogP contribution in [0.3, 0.4) is 0 Å². The van der Waals surface area contributed by atoms with E-state index in [-0.39, 0.29) is 11.5 Å². The zero-order chi connectivity index (χ0) is 24.5. The van der Waals surface area contributed by atoms with Gasteiger partial charge in [0.05, 0.1) is 11.7 Å². The number of carbonyl (C=O) groups is 1. The second-order valence-electron chi connectivity index (χ2n) is 9.49. The lowest BCUT2D eigenvalue weighted by Gasteiger charge is -2.32. The quantitative estimate of drug-likeness (QED) is 0.440. The lowest BCUT2D eigenvalue weighted by Crippen LogP contribution is -2.40. The molecule has 0 bridgehead atoms. The molecular weight excluding hydrogens is 462 g/mol. The molecule has 2 aromatic heterocycles. The molecule has 0 radical (unpaired) electrons. The molecule has 0 unspecified atom stereocenters. The Labute approximate surface area is 209 Å². The van der Waals surface area contributed by atoms with Gasteiger partial charge in [0.1, 0.15) is 11.6 Å². The number of halogens is 1. The molecule has 5 rings (SSSR count). The summed E-state index contributed by atoms with van der Waals surface area (Å²) in [5.41, 5.74) is 2.45. The number of piperidine rings is 1. The van der Waals surface area contributed by atoms with Crippen molar-refractivity contribution in [1.29, 1.82) is 0 Å². The van der Waals surface area contributed by atoms with Crippen molar-refractivity contribution in [2.75, 3.05) is 19.6 Å². The molecule has 1 fully saturated rings. The van der Waals surface area contributed by atoms with Gasteiger partial charge in [-0.25, -0.2) is 4.68 Å². The van der Waals surface area contributed by atoms with E-state index in [4.69, 9.17) is 11.6 Å². The Balaban J connectivity index is 1.25. The van der Waals surface area contributed by atoms with Gasteiger partial charge >= 0.3 is 0 Å². The van der Waals surface area contributed by atoms with Crippen molar-refractivity contribution >= 4 is 39.3 Å². The lowest BCUT2D eigenvalue weighted by molar-refractivity contribution is -0.123. The van der Waals surface area contributed by atoms with E-state index in [9.17, 15) is 9.59 Å². The molecular formula is C27H30ClN5O2. The highest BCUT2D eigenvalue weighted by molar-refractivity contribution is 6.30. The first kappa shape index (κ1) is 23.6. The number of fused-ring (bicyclic) bond motifs is 3. The predicted molar refractivity (Wildman–Crippen MR) is 140 cm³/mol. The summed E-state index contributed by atoms with van der Waals surface area (Å²) in [4.78, 5) is 28.6. The molecule has 0 aliphatic carbocycles. The Morgan fingerprint density at radius 3 is 2.57 bits per heavy atom. The number of para-hydroxylation sites is 1. The number of aryl methyl sites for hydroxylation is 1. The van der Waals surface area contributed by atoms with Crippen LogP contribution >= 0.6 is 11.6 Å². The third-order valence-corrected chi connectivity index (χ3v) is 7.42. The molecule has 0 spiro atoms. The largest absolute Gasteiger partial charge is 0.354 e. The molecule has 0 saturated carbocycles. The van der Waals surface area contributed by atoms with Gasteiger partial charge in [0, 0.05) is 35.9 Å². The third-order valence-electron chi connectivity index (χ3n) is 7.16. The van der Waals surface area contributed by atoms with Crippen molar-refractivity contribution in [1.82, 2.24) is 24.6 Å². The number of carbonyl (C=O) groups excluding carboxylic acids is 1. The van der Waals surface area contributed by atoms with Crippen molar-refractivity contribution in [3.63, 3.8) is 0 Å². The highest BCUT2D eigenvalue weighted by atomic mass is 35.5. The molecule has 1 N–H and O–H groups in total. The molecule has 1 atom stereocenters. The molecule has 1 saturated heterocycles. The number of rotatable bonds is 6. The number of likely N-dealkylation sites (tertiary alicyclic amines) is 1. The number of amides is 1. The van der Waals surface area contributed by atoms with Gasteiger partial charge in [-0.1, -0.05) is 41.9 Å². The van der Waals surface area contributed by atoms with Gasteiger partial charge in [0.15, 0.2) is 0 Å². The number of nitrogens with one attached hydrogen (secondary N) is 1. The fraction of sp³-hybridized carbons (Fsp3) is 0.370. The number of benzene rings is 2. The fourth-order valence-corrected chi connectivity index (χ4v) is 5.22. The van der Waals surface area contributed by atoms with E-state index in [2.05, 4.69) is 27.4 Å². The number of hydrogen-bond acceptors (Lipinski definition) is 4. The Hall–Kier alpha value is -3.16. The average molecular weight is 492 g/mol. The normalized spacial score (nSPS) is 16.1. The minimum absolute atomic E-state index is 0.0740. The summed E-state index contributed by atoms with van der Waals surface area (Å²) in [6, 6.07) is 15.3. The van der Waals surface area contributed by atoms with E-state index >= 15 is 0 Å². The summed E-state index contributed by atoms with van der Waals surface area (Å²) in [7, 11) is 1.63. The lowest BCUT2D eigenvalue weighted by atomic mass is 9.96. The second kappa shape index (κ2) is 9.84. The first-order valence-corrected chi connectivity index (χ1v) is 12.5. The van der Waals surface area contributed by atoms with Crippen LogP contribution in [-0.4, -0.2) is 44.8 Å². The number of hydrogen-bond donors (Lipinski definition) is 1. The molecule has 3 heterocycles. The van der Waals surface area contributed by atoms with E-state index in [0.717, 1.165) is 53.8 Å². The van der Waals surface area contributed by atoms with Crippen molar-refractivity contribution in [2.24, 2.45) is 13.0 Å². The van der Waals surface area contributed by atoms with Gasteiger partial charge in [-0.05, 0) is 62.5 Å². The molecule has 8 heteroatoms. The van der Waals surface area contributed by atoms with Gasteiger partial charge in [0.25, 0.3) is 5.56 Å². The van der Waals surface area contributed by atoms with Crippen molar-refractivity contribution in [3.05, 3.63) is 75.7 Å². The van der Waals surface area contributed by atoms with Crippen molar-refractivity contribution in [2.45, 2.75) is 32.4 Å². The maximum Gasteiger partial charge on any atom is 0.291 e. The first-order valence-electron chi connectivity index (χ1n) is 12.1. The molecule has 1 aliphatic rings. The Kier molecular flexibility index (Phi) is 6.62. The summed E-state index contributed by atoms with van der Waals surface area (Å²) < 4.78 is 3.18. The third kappa shape index (κ3) is 4.70. The van der Waals surface area contributed by atoms with Gasteiger partial charge in [-0.3, -0.25) is 14.5 Å². The fourth-order valence-electron chi connectivity index (χ4n) is 5.10. The minimum Gasteiger partial charge on any atom is -0.354 e. The molecule has 1 aliphatic heterocycles. The van der Waals surface area contributed by atoms with Crippen LogP contribution in [0.1, 0.15) is 31.4 Å². The highest BCUT2D eigenvalue weighted by Gasteiger charge is 2.25. The van der Waals surface area contributed by atoms with E-state index < -0.39 is 6.04 Å². The van der Waals surface area contributed by atoms with E-state index in [1.54, 1.807) is 13.2 Å². The first-order chi connectivity index (χ1) is 16.9. The molecule has 182 valence electrons. The van der Waals surface area contributed by atoms with Gasteiger partial charge in [-0.2, -0.15) is 5.10 Å². The Bertz CT molecular complexity index is 1420. The van der Waals surface area contributed by atoms with Crippen molar-refractivity contribution < 1.29 is 4.79 Å². The summed E-state index contributed by atoms with van der Waals surface area (Å²) in [5, 5.41) is 9.81. The maximum absolute atomic E-state index is 13.2. The summed E-state index contributed by atoms with van der Waals surface area (Å²) in [5.74, 6) is 0.373. The molecule has 35 heavy (non-hydrogen) atoms. The molecule has 7 nitrogen and oxygen atoms in total. The van der Waals surface area contributed by atoms with Crippen LogP contribution in [0.5, 0.6) is 0 Å². The van der Waals surface area contributed by atoms with Crippen molar-refractivity contribution in [3.8, 4) is 0 Å². The predicted octanol–water partition coefficient (Wildman–Crippen LogP) is 4.13. The Morgan fingerprint density at radius 2 is 1.83 bits per heavy atom. The molecule has 1 amide bonds. The van der Waals surface area contributed by atoms with Crippen LogP contribution in [0.2, 0.25) is 5.02 Å². The monoisotopic (exact) mass is 491 g/mol. The smallest absolute Gasteiger partial charge is 0.291 e. The van der Waals surface area contributed by atoms with Gasteiger partial charge in [0.2, 0.25) is 5.91 Å². The number of nitrogens with zero attached hydrogens (tertiary/aromatic N) is 4. The number of aromatic nitrogens is 3. The molecule has 4 aromatic rings. The second-order valence-corrected chi connectivity index (χ2v) is 9.93. The highest BCUT2D eigenvalue weighted by Crippen LogP contribution is 2.29. The van der Waals surface area contributed by atoms with Crippen LogP contribution < -0.4 is 10.9 Å². The SMILES string of the molecule is C[C@@H](C(=O)NCC1CCN(Cc2ccc(Cl)cc2)CC1)n1c2ccccc2c2cnn(C)c(=O)c21. The van der Waals surface area contributed by atoms with Crippen LogP contribution in [0.25, 0.3) is 21.8 Å². The van der Waals surface area contributed by atoms with Crippen LogP contribution in [-0.2, 0) is 18.4 Å². The van der Waals surface area contributed by atoms with Crippen LogP contribution in [0, 0.1) is 5.92 Å². The summed E-state index contributed by atoms with van der Waals surface area (Å²) in [6.45, 7) is 5.44. The van der Waals surface area contributed by atoms with E-state index in [0.29, 0.717) is 18.0 Å².